The maximum Gasteiger partial charge on any atom is 0.146 e. The lowest BCUT2D eigenvalue weighted by Crippen LogP contribution is -2.30. The monoisotopic (exact) mass is 238 g/mol. The second-order valence-electron chi connectivity index (χ2n) is 6.90. The molecule has 0 spiro atoms. The zero-order valence-corrected chi connectivity index (χ0v) is 13.5. The Hall–Kier alpha value is 0.0649. The third kappa shape index (κ3) is 6.53. The largest absolute Gasteiger partial charge is 0.146 e. The van der Waals surface area contributed by atoms with E-state index in [0.717, 1.165) is 18.5 Å². The molecule has 0 amide bonds. The smallest absolute Gasteiger partial charge is 0.0709 e. The van der Waals surface area contributed by atoms with E-state index in [-0.39, 0.29) is 0 Å². The molecular weight excluding hydrogens is 203 g/mol. The van der Waals surface area contributed by atoms with Gasteiger partial charge in [-0.3, -0.25) is 0 Å². The molecule has 0 aliphatic heterocycles. The molecule has 0 saturated carbocycles. The van der Waals surface area contributed by atoms with Crippen LogP contribution in [0.2, 0.25) is 18.0 Å². The molecule has 0 aromatic carbocycles. The summed E-state index contributed by atoms with van der Waals surface area (Å²) in [5.41, 5.74) is 0. The predicted molar refractivity (Wildman–Crippen MR) is 83.2 cm³/mol. The Morgan fingerprint density at radius 1 is 0.706 bits per heavy atom. The van der Waals surface area contributed by atoms with E-state index in [2.05, 4.69) is 48.5 Å². The molecule has 0 aromatic heterocycles. The summed E-state index contributed by atoms with van der Waals surface area (Å²) in [6, 6.07) is 0. The summed E-state index contributed by atoms with van der Waals surface area (Å²) < 4.78 is 0. The lowest BCUT2D eigenvalue weighted by Gasteiger charge is -2.33. The van der Waals surface area contributed by atoms with E-state index in [1.165, 1.54) is 38.3 Å². The topological polar surface area (TPSA) is 0 Å². The quantitative estimate of drug-likeness (QED) is 0.444. The van der Waals surface area contributed by atoms with Crippen molar-refractivity contribution in [2.75, 3.05) is 0 Å². The maximum atomic E-state index is 2.43. The average Bonchev–Trinajstić information content (AvgIpc) is 2.28. The number of hydrogen-bond donors (Lipinski definition) is 0. The Bertz CT molecular complexity index is 158. The van der Waals surface area contributed by atoms with Gasteiger partial charge in [-0.15, -0.1) is 0 Å². The summed E-state index contributed by atoms with van der Waals surface area (Å²) in [6.45, 7) is 17.6. The fraction of sp³-hybridized carbons (Fsp3) is 1.00. The molecule has 0 N–H and O–H groups in total. The van der Waals surface area contributed by atoms with E-state index in [1.807, 2.05) is 0 Å². The molecule has 0 rings (SSSR count). The molecule has 1 heteroatoms. The van der Waals surface area contributed by atoms with E-state index in [1.54, 1.807) is 0 Å². The van der Waals surface area contributed by atoms with Crippen LogP contribution in [0.4, 0.5) is 0 Å². The van der Waals surface area contributed by atoms with E-state index >= 15 is 0 Å². The predicted octanol–water partition coefficient (Wildman–Crippen LogP) is 6.15. The summed E-state index contributed by atoms with van der Waals surface area (Å²) in [5, 5.41) is 0.477. The average molecular weight is 238 g/mol. The number of rotatable bonds is 8. The van der Waals surface area contributed by atoms with Crippen LogP contribution >= 0.6 is 0 Å². The molecule has 0 aliphatic carbocycles. The molecule has 0 fully saturated rings. The molecule has 0 aliphatic rings. The highest BCUT2D eigenvalue weighted by Gasteiger charge is 2.31. The minimum Gasteiger partial charge on any atom is -0.0709 e. The molecule has 0 unspecified atom stereocenters. The zero-order chi connectivity index (χ0) is 13.5. The summed E-state index contributed by atoms with van der Waals surface area (Å²) in [6.07, 6.45) is 8.29. The summed E-state index contributed by atoms with van der Waals surface area (Å²) in [4.78, 5) is 0. The highest BCUT2D eigenvalue weighted by molar-refractivity contribution is 6.62. The van der Waals surface area contributed by atoms with Gasteiger partial charge in [-0.05, 0) is 11.8 Å². The Balaban J connectivity index is 4.54. The van der Waals surface area contributed by atoms with E-state index < -0.39 is 0 Å². The molecule has 0 atom stereocenters. The van der Waals surface area contributed by atoms with Gasteiger partial charge in [-0.2, -0.15) is 0 Å². The molecule has 0 nitrogen and oxygen atoms in total. The first kappa shape index (κ1) is 17.1. The highest BCUT2D eigenvalue weighted by Crippen LogP contribution is 2.37. The SMILES string of the molecule is CCC(CC)CB(CC(CC)CC)C(C)(C)C. The van der Waals surface area contributed by atoms with Gasteiger partial charge in [0.25, 0.3) is 0 Å². The van der Waals surface area contributed by atoms with Crippen molar-refractivity contribution in [1.82, 2.24) is 0 Å². The van der Waals surface area contributed by atoms with Crippen molar-refractivity contribution in [2.24, 2.45) is 11.8 Å². The van der Waals surface area contributed by atoms with Gasteiger partial charge in [0, 0.05) is 0 Å². The Morgan fingerprint density at radius 2 is 1.00 bits per heavy atom. The zero-order valence-electron chi connectivity index (χ0n) is 13.5. The molecule has 0 radical (unpaired) electrons. The molecular formula is C16H35B. The maximum absolute atomic E-state index is 2.43. The highest BCUT2D eigenvalue weighted by atomic mass is 14.1. The molecule has 0 saturated heterocycles. The van der Waals surface area contributed by atoms with Gasteiger partial charge in [-0.1, -0.05) is 92.1 Å². The molecule has 102 valence electrons. The minimum absolute atomic E-state index is 0.477. The first-order valence-electron chi connectivity index (χ1n) is 7.88. The van der Waals surface area contributed by atoms with Crippen LogP contribution in [0.1, 0.15) is 74.1 Å². The van der Waals surface area contributed by atoms with Gasteiger partial charge in [0.05, 0.1) is 0 Å². The molecule has 17 heavy (non-hydrogen) atoms. The molecule has 0 aromatic rings. The van der Waals surface area contributed by atoms with Crippen molar-refractivity contribution in [1.29, 1.82) is 0 Å². The second kappa shape index (κ2) is 8.22. The van der Waals surface area contributed by atoms with Crippen LogP contribution in [0.15, 0.2) is 0 Å². The van der Waals surface area contributed by atoms with Crippen LogP contribution in [0.5, 0.6) is 0 Å². The van der Waals surface area contributed by atoms with E-state index in [0.29, 0.717) is 5.31 Å². The van der Waals surface area contributed by atoms with Gasteiger partial charge in [0.15, 0.2) is 0 Å². The standard InChI is InChI=1S/C16H35B/c1-8-14(9-2)12-17(16(5,6)7)13-15(10-3)11-4/h14-15H,8-13H2,1-7H3. The summed E-state index contributed by atoms with van der Waals surface area (Å²) in [7, 11) is 0. The summed E-state index contributed by atoms with van der Waals surface area (Å²) >= 11 is 0. The van der Waals surface area contributed by atoms with Gasteiger partial charge >= 0.3 is 0 Å². The van der Waals surface area contributed by atoms with Crippen molar-refractivity contribution >= 4 is 6.71 Å². The van der Waals surface area contributed by atoms with Gasteiger partial charge in [0.2, 0.25) is 0 Å². The van der Waals surface area contributed by atoms with Crippen LogP contribution < -0.4 is 0 Å². The third-order valence-electron chi connectivity index (χ3n) is 4.77. The van der Waals surface area contributed by atoms with Crippen LogP contribution in [-0.4, -0.2) is 6.71 Å². The third-order valence-corrected chi connectivity index (χ3v) is 4.77. The first-order valence-corrected chi connectivity index (χ1v) is 7.88. The fourth-order valence-corrected chi connectivity index (χ4v) is 2.85. The van der Waals surface area contributed by atoms with Crippen molar-refractivity contribution < 1.29 is 0 Å². The van der Waals surface area contributed by atoms with E-state index in [4.69, 9.17) is 0 Å². The van der Waals surface area contributed by atoms with Crippen LogP contribution in [0, 0.1) is 11.8 Å². The van der Waals surface area contributed by atoms with Crippen molar-refractivity contribution in [3.8, 4) is 0 Å². The van der Waals surface area contributed by atoms with Gasteiger partial charge in [0.1, 0.15) is 6.71 Å². The second-order valence-corrected chi connectivity index (χ2v) is 6.90. The summed E-state index contributed by atoms with van der Waals surface area (Å²) in [5.74, 6) is 1.88. The normalized spacial score (nSPS) is 12.5. The fourth-order valence-electron chi connectivity index (χ4n) is 2.85. The molecule has 0 bridgehead atoms. The number of hydrogen-bond acceptors (Lipinski definition) is 0. The van der Waals surface area contributed by atoms with Gasteiger partial charge in [-0.25, -0.2) is 0 Å². The van der Waals surface area contributed by atoms with E-state index in [9.17, 15) is 0 Å². The van der Waals surface area contributed by atoms with Crippen LogP contribution in [0.3, 0.4) is 0 Å². The van der Waals surface area contributed by atoms with Crippen LogP contribution in [0.25, 0.3) is 0 Å². The Labute approximate surface area is 111 Å². The first-order chi connectivity index (χ1) is 7.88. The molecule has 0 heterocycles. The van der Waals surface area contributed by atoms with Crippen molar-refractivity contribution in [3.05, 3.63) is 0 Å². The van der Waals surface area contributed by atoms with Crippen LogP contribution in [-0.2, 0) is 0 Å². The Kier molecular flexibility index (Phi) is 8.25. The lowest BCUT2D eigenvalue weighted by molar-refractivity contribution is 0.502. The van der Waals surface area contributed by atoms with Crippen molar-refractivity contribution in [2.45, 2.75) is 92.1 Å². The lowest BCUT2D eigenvalue weighted by atomic mass is 9.29. The van der Waals surface area contributed by atoms with Gasteiger partial charge < -0.3 is 0 Å². The van der Waals surface area contributed by atoms with Crippen molar-refractivity contribution in [3.63, 3.8) is 0 Å². The Morgan fingerprint density at radius 3 is 1.18 bits per heavy atom. The minimum atomic E-state index is 0.477.